The number of likely N-dealkylation sites (N-methyl/N-ethyl adjacent to an activating group) is 1. The Morgan fingerprint density at radius 1 is 0.865 bits per heavy atom. The van der Waals surface area contributed by atoms with Crippen LogP contribution >= 0.6 is 7.82 Å². The number of phosphoric acid groups is 1. The van der Waals surface area contributed by atoms with Crippen LogP contribution in [-0.4, -0.2) is 72.3 Å². The summed E-state index contributed by atoms with van der Waals surface area (Å²) in [6.45, 7) is 7.08. The van der Waals surface area contributed by atoms with Crippen molar-refractivity contribution in [3.63, 3.8) is 0 Å². The van der Waals surface area contributed by atoms with E-state index in [0.29, 0.717) is 17.6 Å². The molecule has 0 spiro atoms. The van der Waals surface area contributed by atoms with Crippen LogP contribution in [0, 0.1) is 5.92 Å². The third-order valence-electron chi connectivity index (χ3n) is 6.79. The molecule has 0 amide bonds. The molecular formula is C28H61NO6PS+. The molecule has 0 aromatic carbocycles. The molecule has 0 radical (unpaired) electrons. The minimum Gasteiger partial charge on any atom is -0.384 e. The van der Waals surface area contributed by atoms with Gasteiger partial charge >= 0.3 is 7.82 Å². The Balaban J connectivity index is 4.49. The molecule has 7 nitrogen and oxygen atoms in total. The lowest BCUT2D eigenvalue weighted by Crippen LogP contribution is -2.38. The Hall–Kier alpha value is 0.180. The summed E-state index contributed by atoms with van der Waals surface area (Å²) >= 11 is 0. The van der Waals surface area contributed by atoms with Crippen LogP contribution in [0.4, 0.5) is 0 Å². The molecule has 0 rings (SSSR count). The summed E-state index contributed by atoms with van der Waals surface area (Å²) in [6, 6.07) is 0. The fourth-order valence-corrected chi connectivity index (χ4v) is 7.53. The zero-order chi connectivity index (χ0) is 28.2. The number of nitrogens with zero attached hydrogens (tertiary/aromatic N) is 1. The standard InChI is InChI=1S/C28H60NO6PS/c1-8-10-11-12-13-14-15-16-17-18-19-20-21-22-27(9-2)37(32)28(26(3)25-33-7)35-36(30,31)34-24-23-29(4,5)6/h26-28H,8-25H2,1-7H3/p+1. The molecule has 5 unspecified atom stereocenters. The fraction of sp³-hybridized carbons (Fsp3) is 1.00. The van der Waals surface area contributed by atoms with Crippen molar-refractivity contribution in [1.29, 1.82) is 0 Å². The molecule has 0 heterocycles. The fourth-order valence-electron chi connectivity index (χ4n) is 4.37. The van der Waals surface area contributed by atoms with Gasteiger partial charge in [0.05, 0.1) is 38.5 Å². The van der Waals surface area contributed by atoms with Gasteiger partial charge in [-0.2, -0.15) is 0 Å². The first-order valence-electron chi connectivity index (χ1n) is 14.8. The molecule has 0 aliphatic rings. The maximum Gasteiger partial charge on any atom is 0.473 e. The molecule has 0 saturated heterocycles. The zero-order valence-corrected chi connectivity index (χ0v) is 27.0. The van der Waals surface area contributed by atoms with Crippen LogP contribution in [-0.2, 0) is 29.1 Å². The van der Waals surface area contributed by atoms with E-state index in [4.69, 9.17) is 13.8 Å². The molecule has 0 aliphatic carbocycles. The van der Waals surface area contributed by atoms with Crippen LogP contribution < -0.4 is 0 Å². The van der Waals surface area contributed by atoms with Gasteiger partial charge in [0.15, 0.2) is 0 Å². The van der Waals surface area contributed by atoms with Gasteiger partial charge in [-0.05, 0) is 12.8 Å². The van der Waals surface area contributed by atoms with E-state index in [2.05, 4.69) is 6.92 Å². The van der Waals surface area contributed by atoms with Gasteiger partial charge in [-0.3, -0.25) is 13.3 Å². The SMILES string of the molecule is CCCCCCCCCCCCCCCC(CC)S(=O)C(OP(=O)(O)OCC[N+](C)(C)C)C(C)COC. The Morgan fingerprint density at radius 2 is 1.35 bits per heavy atom. The molecule has 0 fully saturated rings. The second-order valence-electron chi connectivity index (χ2n) is 11.6. The monoisotopic (exact) mass is 570 g/mol. The molecule has 1 N–H and O–H groups in total. The quantitative estimate of drug-likeness (QED) is 0.0661. The average molecular weight is 571 g/mol. The minimum absolute atomic E-state index is 0.0803. The lowest BCUT2D eigenvalue weighted by atomic mass is 10.0. The number of ether oxygens (including phenoxy) is 1. The first-order chi connectivity index (χ1) is 17.5. The molecule has 0 aromatic heterocycles. The Morgan fingerprint density at radius 3 is 1.78 bits per heavy atom. The molecule has 37 heavy (non-hydrogen) atoms. The van der Waals surface area contributed by atoms with Crippen LogP contribution in [0.15, 0.2) is 0 Å². The Bertz CT molecular complexity index is 616. The highest BCUT2D eigenvalue weighted by molar-refractivity contribution is 7.86. The Labute approximate surface area is 232 Å². The summed E-state index contributed by atoms with van der Waals surface area (Å²) in [6.07, 6.45) is 18.4. The molecule has 0 saturated carbocycles. The predicted molar refractivity (Wildman–Crippen MR) is 157 cm³/mol. The zero-order valence-electron chi connectivity index (χ0n) is 25.3. The maximum atomic E-state index is 13.5. The van der Waals surface area contributed by atoms with Crippen LogP contribution in [0.5, 0.6) is 0 Å². The van der Waals surface area contributed by atoms with Gasteiger partial charge in [-0.1, -0.05) is 104 Å². The third-order valence-corrected chi connectivity index (χ3v) is 10.2. The van der Waals surface area contributed by atoms with E-state index < -0.39 is 24.1 Å². The molecule has 9 heteroatoms. The van der Waals surface area contributed by atoms with Gasteiger partial charge in [0.2, 0.25) is 0 Å². The first kappa shape index (κ1) is 37.2. The summed E-state index contributed by atoms with van der Waals surface area (Å²) < 4.78 is 42.7. The highest BCUT2D eigenvalue weighted by Crippen LogP contribution is 2.46. The second-order valence-corrected chi connectivity index (χ2v) is 14.8. The normalized spacial score (nSPS) is 17.3. The Kier molecular flexibility index (Phi) is 22.0. The number of quaternary nitrogens is 1. The number of unbranched alkanes of at least 4 members (excludes halogenated alkanes) is 12. The van der Waals surface area contributed by atoms with E-state index in [1.54, 1.807) is 7.11 Å². The van der Waals surface area contributed by atoms with Gasteiger partial charge in [0.25, 0.3) is 0 Å². The van der Waals surface area contributed by atoms with Crippen molar-refractivity contribution in [2.45, 2.75) is 128 Å². The predicted octanol–water partition coefficient (Wildman–Crippen LogP) is 7.44. The number of hydrogen-bond acceptors (Lipinski definition) is 5. The summed E-state index contributed by atoms with van der Waals surface area (Å²) in [5, 5.41) is -0.0803. The minimum atomic E-state index is -4.34. The van der Waals surface area contributed by atoms with Gasteiger partial charge in [-0.15, -0.1) is 0 Å². The molecule has 0 aliphatic heterocycles. The van der Waals surface area contributed by atoms with Crippen molar-refractivity contribution in [2.75, 3.05) is 48.0 Å². The van der Waals surface area contributed by atoms with Gasteiger partial charge in [-0.25, -0.2) is 4.57 Å². The van der Waals surface area contributed by atoms with Crippen LogP contribution in [0.25, 0.3) is 0 Å². The van der Waals surface area contributed by atoms with E-state index >= 15 is 0 Å². The molecular weight excluding hydrogens is 509 g/mol. The lowest BCUT2D eigenvalue weighted by Gasteiger charge is -2.29. The highest BCUT2D eigenvalue weighted by atomic mass is 32.2. The van der Waals surface area contributed by atoms with Crippen molar-refractivity contribution in [2.24, 2.45) is 5.92 Å². The van der Waals surface area contributed by atoms with Crippen molar-refractivity contribution in [3.8, 4) is 0 Å². The summed E-state index contributed by atoms with van der Waals surface area (Å²) in [5.74, 6) is -0.297. The lowest BCUT2D eigenvalue weighted by molar-refractivity contribution is -0.870. The molecule has 0 aromatic rings. The van der Waals surface area contributed by atoms with Crippen molar-refractivity contribution in [1.82, 2.24) is 0 Å². The largest absolute Gasteiger partial charge is 0.473 e. The maximum absolute atomic E-state index is 13.5. The van der Waals surface area contributed by atoms with Gasteiger partial charge in [0, 0.05) is 18.3 Å². The number of phosphoric ester groups is 1. The van der Waals surface area contributed by atoms with Crippen molar-refractivity contribution < 1.29 is 31.9 Å². The van der Waals surface area contributed by atoms with E-state index in [9.17, 15) is 13.7 Å². The smallest absolute Gasteiger partial charge is 0.384 e. The molecule has 5 atom stereocenters. The second kappa shape index (κ2) is 21.9. The van der Waals surface area contributed by atoms with Crippen molar-refractivity contribution >= 4 is 18.6 Å². The van der Waals surface area contributed by atoms with Gasteiger partial charge < -0.3 is 14.1 Å². The number of methoxy groups -OCH3 is 1. The van der Waals surface area contributed by atoms with Gasteiger partial charge in [0.1, 0.15) is 18.6 Å². The van der Waals surface area contributed by atoms with E-state index in [1.165, 1.54) is 70.6 Å². The van der Waals surface area contributed by atoms with Crippen molar-refractivity contribution in [3.05, 3.63) is 0 Å². The average Bonchev–Trinajstić information content (AvgIpc) is 2.81. The highest BCUT2D eigenvalue weighted by Gasteiger charge is 2.37. The molecule has 224 valence electrons. The van der Waals surface area contributed by atoms with E-state index in [0.717, 1.165) is 25.7 Å². The number of rotatable bonds is 26. The van der Waals surface area contributed by atoms with Crippen LogP contribution in [0.1, 0.15) is 117 Å². The van der Waals surface area contributed by atoms with E-state index in [1.807, 2.05) is 35.0 Å². The van der Waals surface area contributed by atoms with Crippen LogP contribution in [0.2, 0.25) is 0 Å². The summed E-state index contributed by atoms with van der Waals surface area (Å²) in [4.78, 5) is 10.3. The first-order valence-corrected chi connectivity index (χ1v) is 17.6. The molecule has 0 bridgehead atoms. The number of hydrogen-bond donors (Lipinski definition) is 1. The summed E-state index contributed by atoms with van der Waals surface area (Å²) in [7, 11) is 1.74. The topological polar surface area (TPSA) is 82.1 Å². The summed E-state index contributed by atoms with van der Waals surface area (Å²) in [5.41, 5.74) is -0.910. The van der Waals surface area contributed by atoms with E-state index in [-0.39, 0.29) is 17.8 Å². The van der Waals surface area contributed by atoms with Crippen LogP contribution in [0.3, 0.4) is 0 Å². The third kappa shape index (κ3) is 20.7.